The van der Waals surface area contributed by atoms with Crippen LogP contribution in [0.2, 0.25) is 0 Å². The van der Waals surface area contributed by atoms with Gasteiger partial charge in [-0.15, -0.1) is 11.8 Å². The third kappa shape index (κ3) is 5.17. The minimum atomic E-state index is -0.220. The van der Waals surface area contributed by atoms with Crippen LogP contribution in [0.15, 0.2) is 70.3 Å². The highest BCUT2D eigenvalue weighted by Gasteiger charge is 2.15. The number of anilines is 1. The first-order valence-corrected chi connectivity index (χ1v) is 9.44. The van der Waals surface area contributed by atoms with Gasteiger partial charge in [-0.1, -0.05) is 22.0 Å². The Morgan fingerprint density at radius 3 is 2.76 bits per heavy atom. The van der Waals surface area contributed by atoms with Crippen LogP contribution >= 0.6 is 27.7 Å². The molecule has 0 spiro atoms. The molecular formula is C18H17BrN4OS. The van der Waals surface area contributed by atoms with E-state index in [0.29, 0.717) is 12.4 Å². The number of aromatic nitrogens is 3. The Morgan fingerprint density at radius 2 is 2.04 bits per heavy atom. The monoisotopic (exact) mass is 416 g/mol. The quantitative estimate of drug-likeness (QED) is 0.611. The van der Waals surface area contributed by atoms with Crippen LogP contribution in [0, 0.1) is 0 Å². The van der Waals surface area contributed by atoms with Gasteiger partial charge in [0.2, 0.25) is 5.91 Å². The largest absolute Gasteiger partial charge is 0.308 e. The lowest BCUT2D eigenvalue weighted by atomic mass is 10.3. The normalized spacial score (nSPS) is 11.9. The van der Waals surface area contributed by atoms with Gasteiger partial charge in [0.25, 0.3) is 0 Å². The highest BCUT2D eigenvalue weighted by Crippen LogP contribution is 2.25. The van der Waals surface area contributed by atoms with Crippen LogP contribution in [0.3, 0.4) is 0 Å². The van der Waals surface area contributed by atoms with Crippen LogP contribution in [0.1, 0.15) is 12.6 Å². The number of hydrogen-bond donors (Lipinski definition) is 1. The Balaban J connectivity index is 1.56. The van der Waals surface area contributed by atoms with Crippen LogP contribution in [0.4, 0.5) is 5.82 Å². The number of nitrogens with zero attached hydrogens (tertiary/aromatic N) is 3. The summed E-state index contributed by atoms with van der Waals surface area (Å²) in [5.41, 5.74) is 0.919. The molecule has 2 aromatic heterocycles. The number of benzene rings is 1. The van der Waals surface area contributed by atoms with Gasteiger partial charge in [0, 0.05) is 27.8 Å². The maximum absolute atomic E-state index is 12.3. The average molecular weight is 417 g/mol. The van der Waals surface area contributed by atoms with Gasteiger partial charge in [-0.25, -0.2) is 0 Å². The fraction of sp³-hybridized carbons (Fsp3) is 0.167. The summed E-state index contributed by atoms with van der Waals surface area (Å²) >= 11 is 4.92. The molecule has 0 saturated heterocycles. The molecule has 1 atom stereocenters. The van der Waals surface area contributed by atoms with Gasteiger partial charge in [0.1, 0.15) is 0 Å². The zero-order chi connectivity index (χ0) is 17.6. The molecule has 1 aromatic carbocycles. The Morgan fingerprint density at radius 1 is 1.24 bits per heavy atom. The summed E-state index contributed by atoms with van der Waals surface area (Å²) in [7, 11) is 0. The highest BCUT2D eigenvalue weighted by molar-refractivity contribution is 9.10. The van der Waals surface area contributed by atoms with Crippen LogP contribution in [0.25, 0.3) is 0 Å². The number of nitrogens with one attached hydrogen (secondary N) is 1. The molecule has 0 radical (unpaired) electrons. The van der Waals surface area contributed by atoms with E-state index in [2.05, 4.69) is 31.3 Å². The molecule has 0 bridgehead atoms. The predicted molar refractivity (Wildman–Crippen MR) is 104 cm³/mol. The molecule has 2 heterocycles. The third-order valence-electron chi connectivity index (χ3n) is 3.44. The number of rotatable bonds is 6. The maximum atomic E-state index is 12.3. The molecule has 25 heavy (non-hydrogen) atoms. The smallest absolute Gasteiger partial charge is 0.238 e. The van der Waals surface area contributed by atoms with Crippen LogP contribution in [-0.2, 0) is 11.3 Å². The van der Waals surface area contributed by atoms with Gasteiger partial charge in [-0.05, 0) is 43.3 Å². The molecule has 0 aliphatic carbocycles. The van der Waals surface area contributed by atoms with E-state index in [1.807, 2.05) is 55.6 Å². The molecular weight excluding hydrogens is 400 g/mol. The van der Waals surface area contributed by atoms with E-state index in [4.69, 9.17) is 0 Å². The molecule has 1 unspecified atom stereocenters. The highest BCUT2D eigenvalue weighted by atomic mass is 79.9. The van der Waals surface area contributed by atoms with Crippen LogP contribution in [-0.4, -0.2) is 25.9 Å². The van der Waals surface area contributed by atoms with E-state index in [9.17, 15) is 4.79 Å². The minimum absolute atomic E-state index is 0.0731. The van der Waals surface area contributed by atoms with Gasteiger partial charge in [-0.3, -0.25) is 14.5 Å². The Labute approximate surface area is 159 Å². The van der Waals surface area contributed by atoms with Crippen molar-refractivity contribution in [2.45, 2.75) is 23.6 Å². The fourth-order valence-electron chi connectivity index (χ4n) is 2.17. The van der Waals surface area contributed by atoms with Gasteiger partial charge < -0.3 is 5.32 Å². The van der Waals surface area contributed by atoms with Crippen molar-refractivity contribution in [1.82, 2.24) is 14.8 Å². The Kier molecular flexibility index (Phi) is 5.88. The SMILES string of the molecule is CC(Sc1ccc(Br)cc1)C(=O)Nc1ccn(Cc2ccccn2)n1. The first-order chi connectivity index (χ1) is 12.1. The lowest BCUT2D eigenvalue weighted by molar-refractivity contribution is -0.115. The van der Waals surface area contributed by atoms with Crippen molar-refractivity contribution in [3.05, 3.63) is 71.1 Å². The summed E-state index contributed by atoms with van der Waals surface area (Å²) in [6, 6.07) is 15.5. The van der Waals surface area contributed by atoms with Crippen molar-refractivity contribution in [3.63, 3.8) is 0 Å². The summed E-state index contributed by atoms with van der Waals surface area (Å²) < 4.78 is 2.78. The van der Waals surface area contributed by atoms with Crippen molar-refractivity contribution in [2.24, 2.45) is 0 Å². The number of hydrogen-bond acceptors (Lipinski definition) is 4. The van der Waals surface area contributed by atoms with Crippen molar-refractivity contribution in [3.8, 4) is 0 Å². The van der Waals surface area contributed by atoms with E-state index in [-0.39, 0.29) is 11.2 Å². The predicted octanol–water partition coefficient (Wildman–Crippen LogP) is 4.21. The summed E-state index contributed by atoms with van der Waals surface area (Å²) in [6.07, 6.45) is 3.58. The van der Waals surface area contributed by atoms with Crippen molar-refractivity contribution >= 4 is 39.4 Å². The van der Waals surface area contributed by atoms with E-state index < -0.39 is 0 Å². The Bertz CT molecular complexity index is 836. The average Bonchev–Trinajstić information content (AvgIpc) is 3.04. The lowest BCUT2D eigenvalue weighted by Crippen LogP contribution is -2.22. The van der Waals surface area contributed by atoms with Crippen molar-refractivity contribution in [2.75, 3.05) is 5.32 Å². The first kappa shape index (κ1) is 17.7. The topological polar surface area (TPSA) is 59.8 Å². The first-order valence-electron chi connectivity index (χ1n) is 7.76. The molecule has 0 fully saturated rings. The molecule has 1 N–H and O–H groups in total. The zero-order valence-electron chi connectivity index (χ0n) is 13.6. The van der Waals surface area contributed by atoms with Crippen LogP contribution in [0.5, 0.6) is 0 Å². The van der Waals surface area contributed by atoms with Gasteiger partial charge in [-0.2, -0.15) is 5.10 Å². The lowest BCUT2D eigenvalue weighted by Gasteiger charge is -2.10. The van der Waals surface area contributed by atoms with Gasteiger partial charge in [0.05, 0.1) is 17.5 Å². The summed E-state index contributed by atoms with van der Waals surface area (Å²) in [6.45, 7) is 2.45. The maximum Gasteiger partial charge on any atom is 0.238 e. The number of thioether (sulfide) groups is 1. The molecule has 128 valence electrons. The van der Waals surface area contributed by atoms with Crippen molar-refractivity contribution in [1.29, 1.82) is 0 Å². The fourth-order valence-corrected chi connectivity index (χ4v) is 3.30. The van der Waals surface area contributed by atoms with Crippen molar-refractivity contribution < 1.29 is 4.79 Å². The van der Waals surface area contributed by atoms with E-state index in [1.165, 1.54) is 11.8 Å². The molecule has 3 rings (SSSR count). The van der Waals surface area contributed by atoms with Gasteiger partial charge >= 0.3 is 0 Å². The molecule has 0 aliphatic rings. The summed E-state index contributed by atoms with van der Waals surface area (Å²) in [5.74, 6) is 0.472. The van der Waals surface area contributed by atoms with E-state index in [1.54, 1.807) is 16.9 Å². The van der Waals surface area contributed by atoms with E-state index in [0.717, 1.165) is 15.1 Å². The van der Waals surface area contributed by atoms with Crippen LogP contribution < -0.4 is 5.32 Å². The second-order valence-corrected chi connectivity index (χ2v) is 7.75. The second-order valence-electron chi connectivity index (χ2n) is 5.42. The number of halogens is 1. The van der Waals surface area contributed by atoms with E-state index >= 15 is 0 Å². The molecule has 5 nitrogen and oxygen atoms in total. The van der Waals surface area contributed by atoms with Gasteiger partial charge in [0.15, 0.2) is 5.82 Å². The Hall–Kier alpha value is -2.12. The summed E-state index contributed by atoms with van der Waals surface area (Å²) in [5, 5.41) is 7.01. The molecule has 0 saturated carbocycles. The minimum Gasteiger partial charge on any atom is -0.308 e. The number of pyridine rings is 1. The number of carbonyl (C=O) groups excluding carboxylic acids is 1. The second kappa shape index (κ2) is 8.31. The molecule has 0 aliphatic heterocycles. The molecule has 3 aromatic rings. The third-order valence-corrected chi connectivity index (χ3v) is 5.08. The zero-order valence-corrected chi connectivity index (χ0v) is 16.0. The molecule has 1 amide bonds. The molecule has 7 heteroatoms. The summed E-state index contributed by atoms with van der Waals surface area (Å²) in [4.78, 5) is 17.7. The standard InChI is InChI=1S/C18H17BrN4OS/c1-13(25-16-7-5-14(19)6-8-16)18(24)21-17-9-11-23(22-17)12-15-4-2-3-10-20-15/h2-11,13H,12H2,1H3,(H,21,22,24). The number of amides is 1. The number of carbonyl (C=O) groups is 1.